The van der Waals surface area contributed by atoms with Crippen LogP contribution in [0.25, 0.3) is 11.8 Å². The van der Waals surface area contributed by atoms with Crippen molar-refractivity contribution < 1.29 is 19.1 Å². The lowest BCUT2D eigenvalue weighted by molar-refractivity contribution is -0.143. The summed E-state index contributed by atoms with van der Waals surface area (Å²) in [6.07, 6.45) is 1.63. The van der Waals surface area contributed by atoms with Gasteiger partial charge in [0.25, 0.3) is 5.91 Å². The summed E-state index contributed by atoms with van der Waals surface area (Å²) in [5.74, 6) is -1.21. The van der Waals surface area contributed by atoms with Crippen LogP contribution in [0.5, 0.6) is 0 Å². The molecule has 1 fully saturated rings. The number of urea groups is 1. The van der Waals surface area contributed by atoms with E-state index < -0.39 is 24.5 Å². The molecule has 1 N–H and O–H groups in total. The van der Waals surface area contributed by atoms with Crippen molar-refractivity contribution in [3.63, 3.8) is 0 Å². The fraction of sp³-hybridized carbons (Fsp3) is 0.250. The molecule has 0 unspecified atom stereocenters. The maximum Gasteiger partial charge on any atom is 0.329 e. The zero-order valence-electron chi connectivity index (χ0n) is 16.0. The molecule has 0 spiro atoms. The van der Waals surface area contributed by atoms with Crippen molar-refractivity contribution in [2.24, 2.45) is 0 Å². The van der Waals surface area contributed by atoms with Gasteiger partial charge in [0.05, 0.1) is 7.11 Å². The van der Waals surface area contributed by atoms with Crippen LogP contribution in [0.2, 0.25) is 0 Å². The predicted molar refractivity (Wildman–Crippen MR) is 108 cm³/mol. The Hall–Kier alpha value is -2.87. The molecule has 2 aromatic rings. The SMILES string of the molecule is COC(=O)CN1C(=O)N/C(=C/c2cc(C)n(-c3ccc(Br)c(C)c3)c2C)C1=O. The maximum atomic E-state index is 12.5. The lowest BCUT2D eigenvalue weighted by Gasteiger charge is -2.11. The molecule has 0 saturated carbocycles. The number of rotatable bonds is 4. The highest BCUT2D eigenvalue weighted by Crippen LogP contribution is 2.26. The van der Waals surface area contributed by atoms with Crippen LogP contribution >= 0.6 is 15.9 Å². The van der Waals surface area contributed by atoms with E-state index in [2.05, 4.69) is 36.6 Å². The number of imide groups is 1. The topological polar surface area (TPSA) is 80.6 Å². The average molecular weight is 446 g/mol. The number of carbonyl (C=O) groups excluding carboxylic acids is 3. The van der Waals surface area contributed by atoms with Gasteiger partial charge in [0.2, 0.25) is 0 Å². The lowest BCUT2D eigenvalue weighted by Crippen LogP contribution is -2.36. The number of amides is 3. The van der Waals surface area contributed by atoms with Crippen LogP contribution in [-0.4, -0.2) is 41.0 Å². The second-order valence-corrected chi connectivity index (χ2v) is 7.41. The molecule has 1 saturated heterocycles. The van der Waals surface area contributed by atoms with Gasteiger partial charge in [-0.1, -0.05) is 15.9 Å². The number of methoxy groups -OCH3 is 1. The average Bonchev–Trinajstić information content (AvgIpc) is 3.07. The Labute approximate surface area is 171 Å². The third-order valence-electron chi connectivity index (χ3n) is 4.65. The van der Waals surface area contributed by atoms with Crippen molar-refractivity contribution in [3.8, 4) is 5.69 Å². The van der Waals surface area contributed by atoms with Crippen molar-refractivity contribution in [3.05, 3.63) is 56.9 Å². The van der Waals surface area contributed by atoms with Gasteiger partial charge in [-0.25, -0.2) is 9.69 Å². The molecule has 1 aromatic carbocycles. The van der Waals surface area contributed by atoms with Gasteiger partial charge in [-0.05, 0) is 62.2 Å². The van der Waals surface area contributed by atoms with E-state index in [0.29, 0.717) is 0 Å². The van der Waals surface area contributed by atoms with Crippen molar-refractivity contribution in [2.45, 2.75) is 20.8 Å². The van der Waals surface area contributed by atoms with E-state index >= 15 is 0 Å². The molecule has 3 amide bonds. The number of carbonyl (C=O) groups is 3. The minimum atomic E-state index is -0.659. The van der Waals surface area contributed by atoms with Gasteiger partial charge in [0, 0.05) is 21.5 Å². The van der Waals surface area contributed by atoms with Gasteiger partial charge in [0.15, 0.2) is 0 Å². The normalized spacial score (nSPS) is 15.3. The van der Waals surface area contributed by atoms with Gasteiger partial charge >= 0.3 is 12.0 Å². The molecule has 0 radical (unpaired) electrons. The summed E-state index contributed by atoms with van der Waals surface area (Å²) in [4.78, 5) is 36.7. The highest BCUT2D eigenvalue weighted by Gasteiger charge is 2.35. The fourth-order valence-corrected chi connectivity index (χ4v) is 3.41. The van der Waals surface area contributed by atoms with Crippen LogP contribution in [0.3, 0.4) is 0 Å². The number of esters is 1. The quantitative estimate of drug-likeness (QED) is 0.444. The summed E-state index contributed by atoms with van der Waals surface area (Å²) >= 11 is 3.51. The Morgan fingerprint density at radius 2 is 1.93 bits per heavy atom. The van der Waals surface area contributed by atoms with Crippen LogP contribution in [0.1, 0.15) is 22.5 Å². The number of benzene rings is 1. The summed E-state index contributed by atoms with van der Waals surface area (Å²) in [6, 6.07) is 7.38. The van der Waals surface area contributed by atoms with E-state index in [1.165, 1.54) is 7.11 Å². The van der Waals surface area contributed by atoms with Crippen LogP contribution < -0.4 is 5.32 Å². The van der Waals surface area contributed by atoms with Crippen molar-refractivity contribution in [1.82, 2.24) is 14.8 Å². The molecule has 3 rings (SSSR count). The predicted octanol–water partition coefficient (Wildman–Crippen LogP) is 3.23. The molecule has 8 heteroatoms. The first kappa shape index (κ1) is 19.9. The molecular weight excluding hydrogens is 426 g/mol. The highest BCUT2D eigenvalue weighted by molar-refractivity contribution is 9.10. The Bertz CT molecular complexity index is 1020. The van der Waals surface area contributed by atoms with Gasteiger partial charge in [-0.2, -0.15) is 0 Å². The Morgan fingerprint density at radius 1 is 1.21 bits per heavy atom. The maximum absolute atomic E-state index is 12.5. The summed E-state index contributed by atoms with van der Waals surface area (Å²) in [6.45, 7) is 5.53. The van der Waals surface area contributed by atoms with Crippen molar-refractivity contribution in [1.29, 1.82) is 0 Å². The number of ether oxygens (including phenoxy) is 1. The zero-order valence-corrected chi connectivity index (χ0v) is 17.6. The monoisotopic (exact) mass is 445 g/mol. The number of nitrogens with zero attached hydrogens (tertiary/aromatic N) is 2. The number of hydrogen-bond donors (Lipinski definition) is 1. The van der Waals surface area contributed by atoms with Crippen molar-refractivity contribution in [2.75, 3.05) is 13.7 Å². The van der Waals surface area contributed by atoms with Gasteiger partial charge in [-0.15, -0.1) is 0 Å². The van der Waals surface area contributed by atoms with Crippen LogP contribution in [0.4, 0.5) is 4.79 Å². The number of nitrogens with one attached hydrogen (secondary N) is 1. The fourth-order valence-electron chi connectivity index (χ4n) is 3.16. The minimum Gasteiger partial charge on any atom is -0.468 e. The lowest BCUT2D eigenvalue weighted by atomic mass is 10.2. The van der Waals surface area contributed by atoms with Crippen molar-refractivity contribution >= 4 is 39.9 Å². The van der Waals surface area contributed by atoms with E-state index in [0.717, 1.165) is 37.6 Å². The van der Waals surface area contributed by atoms with E-state index in [-0.39, 0.29) is 5.70 Å². The van der Waals surface area contributed by atoms with Gasteiger partial charge < -0.3 is 14.6 Å². The molecule has 0 aliphatic carbocycles. The number of halogens is 1. The number of aromatic nitrogens is 1. The second kappa shape index (κ2) is 7.63. The minimum absolute atomic E-state index is 0.126. The molecule has 28 heavy (non-hydrogen) atoms. The first-order valence-electron chi connectivity index (χ1n) is 8.59. The highest BCUT2D eigenvalue weighted by atomic mass is 79.9. The smallest absolute Gasteiger partial charge is 0.329 e. The molecule has 1 aliphatic rings. The van der Waals surface area contributed by atoms with Crippen LogP contribution in [0, 0.1) is 20.8 Å². The third-order valence-corrected chi connectivity index (χ3v) is 5.54. The summed E-state index contributed by atoms with van der Waals surface area (Å²) in [7, 11) is 1.20. The largest absolute Gasteiger partial charge is 0.468 e. The third kappa shape index (κ3) is 3.60. The Balaban J connectivity index is 1.95. The Morgan fingerprint density at radius 3 is 2.57 bits per heavy atom. The molecule has 1 aromatic heterocycles. The molecule has 2 heterocycles. The van der Waals surface area contributed by atoms with E-state index in [1.54, 1.807) is 6.08 Å². The summed E-state index contributed by atoms with van der Waals surface area (Å²) in [5.41, 5.74) is 4.98. The first-order valence-corrected chi connectivity index (χ1v) is 9.39. The second-order valence-electron chi connectivity index (χ2n) is 6.55. The van der Waals surface area contributed by atoms with Gasteiger partial charge in [0.1, 0.15) is 12.2 Å². The summed E-state index contributed by atoms with van der Waals surface area (Å²) in [5, 5.41) is 2.52. The van der Waals surface area contributed by atoms with Gasteiger partial charge in [-0.3, -0.25) is 9.59 Å². The van der Waals surface area contributed by atoms with Crippen LogP contribution in [-0.2, 0) is 14.3 Å². The van der Waals surface area contributed by atoms with E-state index in [9.17, 15) is 14.4 Å². The Kier molecular flexibility index (Phi) is 5.42. The number of hydrogen-bond acceptors (Lipinski definition) is 4. The molecule has 0 atom stereocenters. The summed E-state index contributed by atoms with van der Waals surface area (Å²) < 4.78 is 7.64. The van der Waals surface area contributed by atoms with E-state index in [1.807, 2.05) is 39.0 Å². The van der Waals surface area contributed by atoms with E-state index in [4.69, 9.17) is 0 Å². The van der Waals surface area contributed by atoms with Crippen LogP contribution in [0.15, 0.2) is 34.4 Å². The first-order chi connectivity index (χ1) is 13.2. The standard InChI is InChI=1S/C20H20BrN3O4/c1-11-7-15(5-6-16(11)21)24-12(2)8-14(13(24)3)9-17-19(26)23(20(27)22-17)10-18(25)28-4/h5-9H,10H2,1-4H3,(H,22,27)/b17-9+. The molecular formula is C20H20BrN3O4. The molecule has 1 aliphatic heterocycles. The molecule has 146 valence electrons. The molecule has 7 nitrogen and oxygen atoms in total. The zero-order chi connectivity index (χ0) is 20.6. The molecule has 0 bridgehead atoms. The number of aryl methyl sites for hydroxylation is 2.